The molecule has 1 aromatic carbocycles. The minimum absolute atomic E-state index is 0.0415. The van der Waals surface area contributed by atoms with Crippen LogP contribution in [0.5, 0.6) is 11.5 Å². The summed E-state index contributed by atoms with van der Waals surface area (Å²) in [6.45, 7) is -0.0415. The number of hydrogen-bond acceptors (Lipinski definition) is 5. The van der Waals surface area contributed by atoms with Crippen molar-refractivity contribution in [1.82, 2.24) is 19.9 Å². The van der Waals surface area contributed by atoms with E-state index in [4.69, 9.17) is 9.47 Å². The molecule has 0 saturated heterocycles. The predicted octanol–water partition coefficient (Wildman–Crippen LogP) is 1.69. The fraction of sp³-hybridized carbons (Fsp3) is 0.316. The van der Waals surface area contributed by atoms with Gasteiger partial charge in [-0.25, -0.2) is 9.78 Å². The van der Waals surface area contributed by atoms with Crippen molar-refractivity contribution < 1.29 is 14.3 Å². The van der Waals surface area contributed by atoms with Crippen molar-refractivity contribution in [3.05, 3.63) is 40.9 Å². The number of aromatic amines is 1. The van der Waals surface area contributed by atoms with E-state index in [1.54, 1.807) is 26.5 Å². The first-order valence-corrected chi connectivity index (χ1v) is 8.69. The molecule has 8 nitrogen and oxygen atoms in total. The van der Waals surface area contributed by atoms with E-state index in [2.05, 4.69) is 15.3 Å². The molecular formula is C19H20N4O4. The number of aromatic nitrogens is 3. The van der Waals surface area contributed by atoms with Crippen LogP contribution < -0.4 is 20.5 Å². The maximum Gasteiger partial charge on any atom is 0.328 e. The minimum Gasteiger partial charge on any atom is -0.497 e. The van der Waals surface area contributed by atoms with Crippen LogP contribution >= 0.6 is 0 Å². The van der Waals surface area contributed by atoms with Crippen molar-refractivity contribution in [2.24, 2.45) is 0 Å². The number of nitrogens with zero attached hydrogens (tertiary/aromatic N) is 2. The zero-order valence-electron chi connectivity index (χ0n) is 15.1. The lowest BCUT2D eigenvalue weighted by Crippen LogP contribution is -2.32. The number of pyridine rings is 1. The van der Waals surface area contributed by atoms with Crippen molar-refractivity contribution in [3.63, 3.8) is 0 Å². The molecule has 140 valence electrons. The van der Waals surface area contributed by atoms with E-state index in [1.807, 2.05) is 18.2 Å². The molecule has 2 aromatic heterocycles. The number of ether oxygens (including phenoxy) is 2. The van der Waals surface area contributed by atoms with E-state index < -0.39 is 0 Å². The molecule has 2 heterocycles. The highest BCUT2D eigenvalue weighted by molar-refractivity contribution is 5.83. The van der Waals surface area contributed by atoms with Crippen LogP contribution in [0.2, 0.25) is 0 Å². The molecule has 0 radical (unpaired) electrons. The second kappa shape index (κ2) is 6.79. The van der Waals surface area contributed by atoms with Gasteiger partial charge in [-0.05, 0) is 31.0 Å². The first-order chi connectivity index (χ1) is 13.1. The molecule has 1 aliphatic carbocycles. The van der Waals surface area contributed by atoms with E-state index in [-0.39, 0.29) is 24.2 Å². The van der Waals surface area contributed by atoms with Crippen molar-refractivity contribution in [1.29, 1.82) is 0 Å². The Morgan fingerprint density at radius 2 is 2.11 bits per heavy atom. The van der Waals surface area contributed by atoms with E-state index in [0.29, 0.717) is 22.7 Å². The average Bonchev–Trinajstić information content (AvgIpc) is 3.44. The SMILES string of the molecule is COc1ccc(-c2cnc3[nH]c(=O)n(CC(=O)NC4CC4)c3c2)c(OC)c1. The number of fused-ring (bicyclic) bond motifs is 1. The number of amides is 1. The van der Waals surface area contributed by atoms with Gasteiger partial charge in [0.2, 0.25) is 5.91 Å². The van der Waals surface area contributed by atoms with Gasteiger partial charge >= 0.3 is 5.69 Å². The molecule has 0 bridgehead atoms. The van der Waals surface area contributed by atoms with Crippen LogP contribution in [0.15, 0.2) is 35.3 Å². The summed E-state index contributed by atoms with van der Waals surface area (Å²) in [5, 5.41) is 2.89. The van der Waals surface area contributed by atoms with Crippen LogP contribution in [-0.4, -0.2) is 40.7 Å². The number of hydrogen-bond donors (Lipinski definition) is 2. The summed E-state index contributed by atoms with van der Waals surface area (Å²) < 4.78 is 12.1. The molecule has 1 amide bonds. The number of benzene rings is 1. The van der Waals surface area contributed by atoms with E-state index >= 15 is 0 Å². The van der Waals surface area contributed by atoms with Crippen LogP contribution in [0.1, 0.15) is 12.8 Å². The van der Waals surface area contributed by atoms with Crippen LogP contribution in [0.3, 0.4) is 0 Å². The molecule has 1 saturated carbocycles. The Kier molecular flexibility index (Phi) is 4.31. The number of rotatable bonds is 6. The second-order valence-electron chi connectivity index (χ2n) is 6.52. The Morgan fingerprint density at radius 3 is 2.81 bits per heavy atom. The molecule has 0 unspecified atom stereocenters. The summed E-state index contributed by atoms with van der Waals surface area (Å²) in [5.41, 5.74) is 2.24. The quantitative estimate of drug-likeness (QED) is 0.690. The maximum absolute atomic E-state index is 12.3. The number of carbonyl (C=O) groups is 1. The van der Waals surface area contributed by atoms with E-state index in [1.165, 1.54) is 4.57 Å². The highest BCUT2D eigenvalue weighted by Crippen LogP contribution is 2.33. The topological polar surface area (TPSA) is 98.2 Å². The third-order valence-electron chi connectivity index (χ3n) is 4.59. The predicted molar refractivity (Wildman–Crippen MR) is 100 cm³/mol. The highest BCUT2D eigenvalue weighted by Gasteiger charge is 2.24. The molecule has 4 rings (SSSR count). The number of nitrogens with one attached hydrogen (secondary N) is 2. The van der Waals surface area contributed by atoms with E-state index in [9.17, 15) is 9.59 Å². The number of carbonyl (C=O) groups excluding carboxylic acids is 1. The summed E-state index contributed by atoms with van der Waals surface area (Å²) in [4.78, 5) is 31.5. The molecule has 1 fully saturated rings. The van der Waals surface area contributed by atoms with Crippen LogP contribution in [0.4, 0.5) is 0 Å². The summed E-state index contributed by atoms with van der Waals surface area (Å²) in [7, 11) is 3.17. The first kappa shape index (κ1) is 17.1. The van der Waals surface area contributed by atoms with Gasteiger partial charge in [0.05, 0.1) is 19.7 Å². The fourth-order valence-corrected chi connectivity index (χ4v) is 3.02. The minimum atomic E-state index is -0.359. The van der Waals surface area contributed by atoms with Gasteiger partial charge in [-0.15, -0.1) is 0 Å². The summed E-state index contributed by atoms with van der Waals surface area (Å²) in [5.74, 6) is 1.14. The molecule has 8 heteroatoms. The monoisotopic (exact) mass is 368 g/mol. The van der Waals surface area contributed by atoms with Crippen molar-refractivity contribution in [3.8, 4) is 22.6 Å². The van der Waals surface area contributed by atoms with E-state index in [0.717, 1.165) is 24.0 Å². The standard InChI is InChI=1S/C19H20N4O4/c1-26-13-5-6-14(16(8-13)27-2)11-7-15-18(20-9-11)22-19(25)23(15)10-17(24)21-12-3-4-12/h5-9,12H,3-4,10H2,1-2H3,(H,21,24)(H,20,22,25). The number of methoxy groups -OCH3 is 2. The van der Waals surface area contributed by atoms with Gasteiger partial charge in [0, 0.05) is 29.4 Å². The Balaban J connectivity index is 1.74. The molecule has 3 aromatic rings. The lowest BCUT2D eigenvalue weighted by molar-refractivity contribution is -0.121. The van der Waals surface area contributed by atoms with Gasteiger partial charge in [-0.3, -0.25) is 14.3 Å². The van der Waals surface area contributed by atoms with Gasteiger partial charge in [0.1, 0.15) is 18.0 Å². The summed E-state index contributed by atoms with van der Waals surface area (Å²) in [6, 6.07) is 7.56. The normalized spacial score (nSPS) is 13.6. The fourth-order valence-electron chi connectivity index (χ4n) is 3.02. The molecule has 0 atom stereocenters. The highest BCUT2D eigenvalue weighted by atomic mass is 16.5. The Morgan fingerprint density at radius 1 is 1.30 bits per heavy atom. The third-order valence-corrected chi connectivity index (χ3v) is 4.59. The van der Waals surface area contributed by atoms with Gasteiger partial charge in [-0.2, -0.15) is 0 Å². The van der Waals surface area contributed by atoms with Crippen molar-refractivity contribution in [2.75, 3.05) is 14.2 Å². The zero-order chi connectivity index (χ0) is 19.0. The lowest BCUT2D eigenvalue weighted by Gasteiger charge is -2.11. The van der Waals surface area contributed by atoms with Crippen LogP contribution in [-0.2, 0) is 11.3 Å². The number of imidazole rings is 1. The molecule has 27 heavy (non-hydrogen) atoms. The van der Waals surface area contributed by atoms with Gasteiger partial charge in [-0.1, -0.05) is 0 Å². The van der Waals surface area contributed by atoms with Crippen LogP contribution in [0, 0.1) is 0 Å². The average molecular weight is 368 g/mol. The first-order valence-electron chi connectivity index (χ1n) is 8.69. The second-order valence-corrected chi connectivity index (χ2v) is 6.52. The van der Waals surface area contributed by atoms with Crippen molar-refractivity contribution >= 4 is 17.1 Å². The Bertz CT molecular complexity index is 1070. The van der Waals surface area contributed by atoms with Gasteiger partial charge < -0.3 is 14.8 Å². The maximum atomic E-state index is 12.3. The zero-order valence-corrected chi connectivity index (χ0v) is 15.1. The molecule has 0 spiro atoms. The Hall–Kier alpha value is -3.29. The molecule has 0 aliphatic heterocycles. The summed E-state index contributed by atoms with van der Waals surface area (Å²) >= 11 is 0. The van der Waals surface area contributed by atoms with Gasteiger partial charge in [0.15, 0.2) is 5.65 Å². The smallest absolute Gasteiger partial charge is 0.328 e. The third kappa shape index (κ3) is 3.38. The Labute approximate surface area is 155 Å². The van der Waals surface area contributed by atoms with Crippen LogP contribution in [0.25, 0.3) is 22.3 Å². The largest absolute Gasteiger partial charge is 0.497 e. The molecular weight excluding hydrogens is 348 g/mol. The molecule has 1 aliphatic rings. The molecule has 2 N–H and O–H groups in total. The lowest BCUT2D eigenvalue weighted by atomic mass is 10.1. The van der Waals surface area contributed by atoms with Gasteiger partial charge in [0.25, 0.3) is 0 Å². The summed E-state index contributed by atoms with van der Waals surface area (Å²) in [6.07, 6.45) is 3.66. The van der Waals surface area contributed by atoms with Crippen molar-refractivity contribution in [2.45, 2.75) is 25.4 Å². The number of H-pyrrole nitrogens is 1.